The highest BCUT2D eigenvalue weighted by Crippen LogP contribution is 2.30. The summed E-state index contributed by atoms with van der Waals surface area (Å²) in [5.41, 5.74) is 2.71. The minimum Gasteiger partial charge on any atom is -0.388 e. The molecule has 1 aromatic rings. The second kappa shape index (κ2) is 6.27. The van der Waals surface area contributed by atoms with Gasteiger partial charge in [-0.05, 0) is 55.4 Å². The van der Waals surface area contributed by atoms with Crippen LogP contribution < -0.4 is 10.6 Å². The highest BCUT2D eigenvalue weighted by Gasteiger charge is 2.34. The van der Waals surface area contributed by atoms with Crippen LogP contribution in [-0.4, -0.2) is 23.3 Å². The van der Waals surface area contributed by atoms with E-state index in [1.54, 1.807) is 0 Å². The number of rotatable bonds is 5. The minimum absolute atomic E-state index is 0.253. The van der Waals surface area contributed by atoms with Crippen molar-refractivity contribution >= 4 is 11.7 Å². The Labute approximate surface area is 120 Å². The summed E-state index contributed by atoms with van der Waals surface area (Å²) in [5, 5.41) is 15.5. The summed E-state index contributed by atoms with van der Waals surface area (Å²) in [5.74, 6) is 0. The van der Waals surface area contributed by atoms with E-state index >= 15 is 0 Å². The summed E-state index contributed by atoms with van der Waals surface area (Å²) >= 11 is 0. The second-order valence-corrected chi connectivity index (χ2v) is 5.58. The van der Waals surface area contributed by atoms with Crippen molar-refractivity contribution in [2.45, 2.75) is 51.6 Å². The summed E-state index contributed by atoms with van der Waals surface area (Å²) in [6.45, 7) is 4.57. The Hall–Kier alpha value is -1.55. The van der Waals surface area contributed by atoms with Gasteiger partial charge in [0.2, 0.25) is 0 Å². The van der Waals surface area contributed by atoms with Crippen LogP contribution in [0.3, 0.4) is 0 Å². The Morgan fingerprint density at radius 2 is 1.95 bits per heavy atom. The molecular weight excluding hydrogens is 252 g/mol. The lowest BCUT2D eigenvalue weighted by Crippen LogP contribution is -2.48. The van der Waals surface area contributed by atoms with Crippen molar-refractivity contribution in [2.24, 2.45) is 0 Å². The molecule has 0 atom stereocenters. The fraction of sp³-hybridized carbons (Fsp3) is 0.562. The first kappa shape index (κ1) is 14.9. The third kappa shape index (κ3) is 3.51. The number of carbonyl (C=O) groups excluding carboxylic acids is 1. The Morgan fingerprint density at radius 3 is 2.50 bits per heavy atom. The van der Waals surface area contributed by atoms with E-state index in [-0.39, 0.29) is 6.03 Å². The largest absolute Gasteiger partial charge is 0.388 e. The van der Waals surface area contributed by atoms with Gasteiger partial charge in [0.15, 0.2) is 0 Å². The number of hydrogen-bond acceptors (Lipinski definition) is 2. The van der Waals surface area contributed by atoms with E-state index in [0.717, 1.165) is 37.8 Å². The minimum atomic E-state index is -0.683. The van der Waals surface area contributed by atoms with Gasteiger partial charge in [-0.2, -0.15) is 0 Å². The first-order chi connectivity index (χ1) is 9.56. The molecule has 1 fully saturated rings. The maximum absolute atomic E-state index is 11.8. The molecule has 2 rings (SSSR count). The zero-order valence-electron chi connectivity index (χ0n) is 12.3. The summed E-state index contributed by atoms with van der Waals surface area (Å²) in [7, 11) is 0. The van der Waals surface area contributed by atoms with E-state index in [9.17, 15) is 9.90 Å². The van der Waals surface area contributed by atoms with Gasteiger partial charge in [0, 0.05) is 12.2 Å². The molecule has 0 saturated heterocycles. The molecule has 110 valence electrons. The zero-order valence-corrected chi connectivity index (χ0v) is 12.3. The first-order valence-corrected chi connectivity index (χ1v) is 7.45. The fourth-order valence-corrected chi connectivity index (χ4v) is 2.56. The van der Waals surface area contributed by atoms with Crippen molar-refractivity contribution in [3.63, 3.8) is 0 Å². The van der Waals surface area contributed by atoms with Gasteiger partial charge in [-0.25, -0.2) is 4.79 Å². The van der Waals surface area contributed by atoms with Gasteiger partial charge in [0.25, 0.3) is 0 Å². The van der Waals surface area contributed by atoms with Gasteiger partial charge in [-0.1, -0.05) is 19.9 Å². The number of hydrogen-bond donors (Lipinski definition) is 3. The van der Waals surface area contributed by atoms with Crippen molar-refractivity contribution in [2.75, 3.05) is 11.9 Å². The number of aryl methyl sites for hydroxylation is 2. The van der Waals surface area contributed by atoms with E-state index in [0.29, 0.717) is 6.54 Å². The monoisotopic (exact) mass is 276 g/mol. The van der Waals surface area contributed by atoms with Crippen LogP contribution in [0.5, 0.6) is 0 Å². The molecule has 0 unspecified atom stereocenters. The van der Waals surface area contributed by atoms with Crippen molar-refractivity contribution in [3.05, 3.63) is 29.3 Å². The number of benzene rings is 1. The lowest BCUT2D eigenvalue weighted by atomic mass is 9.80. The molecule has 0 bridgehead atoms. The number of carbonyl (C=O) groups is 1. The van der Waals surface area contributed by atoms with E-state index in [1.165, 1.54) is 11.1 Å². The quantitative estimate of drug-likeness (QED) is 0.774. The Bertz CT molecular complexity index is 481. The van der Waals surface area contributed by atoms with Crippen LogP contribution in [0.4, 0.5) is 10.5 Å². The molecule has 1 aliphatic rings. The second-order valence-electron chi connectivity index (χ2n) is 5.58. The summed E-state index contributed by atoms with van der Waals surface area (Å²) in [6.07, 6.45) is 4.55. The molecule has 20 heavy (non-hydrogen) atoms. The third-order valence-corrected chi connectivity index (χ3v) is 4.09. The molecule has 1 saturated carbocycles. The number of nitrogens with one attached hydrogen (secondary N) is 2. The van der Waals surface area contributed by atoms with Crippen molar-refractivity contribution in [3.8, 4) is 0 Å². The normalized spacial score (nSPS) is 16.4. The van der Waals surface area contributed by atoms with E-state index in [4.69, 9.17) is 0 Å². The molecule has 0 radical (unpaired) electrons. The topological polar surface area (TPSA) is 61.4 Å². The molecule has 0 aliphatic heterocycles. The molecule has 4 heteroatoms. The highest BCUT2D eigenvalue weighted by atomic mass is 16.3. The molecule has 4 nitrogen and oxygen atoms in total. The Kier molecular flexibility index (Phi) is 4.65. The molecule has 1 aromatic carbocycles. The molecule has 0 spiro atoms. The molecule has 0 aromatic heterocycles. The van der Waals surface area contributed by atoms with Crippen LogP contribution in [0.15, 0.2) is 18.2 Å². The average Bonchev–Trinajstić information content (AvgIpc) is 2.43. The highest BCUT2D eigenvalue weighted by molar-refractivity contribution is 5.89. The number of anilines is 1. The van der Waals surface area contributed by atoms with Crippen molar-refractivity contribution in [1.82, 2.24) is 5.32 Å². The Balaban J connectivity index is 1.90. The van der Waals surface area contributed by atoms with E-state index in [2.05, 4.69) is 30.5 Å². The van der Waals surface area contributed by atoms with Gasteiger partial charge in [0.05, 0.1) is 5.60 Å². The Morgan fingerprint density at radius 1 is 1.25 bits per heavy atom. The lowest BCUT2D eigenvalue weighted by Gasteiger charge is -2.36. The SMILES string of the molecule is CCc1ccc(NC(=O)NCC2(O)CCC2)cc1CC. The van der Waals surface area contributed by atoms with E-state index in [1.807, 2.05) is 12.1 Å². The number of urea groups is 1. The van der Waals surface area contributed by atoms with Gasteiger partial charge in [0.1, 0.15) is 0 Å². The van der Waals surface area contributed by atoms with Crippen LogP contribution in [0.1, 0.15) is 44.2 Å². The lowest BCUT2D eigenvalue weighted by molar-refractivity contribution is -0.0287. The number of aliphatic hydroxyl groups is 1. The van der Waals surface area contributed by atoms with Crippen LogP contribution in [-0.2, 0) is 12.8 Å². The van der Waals surface area contributed by atoms with Gasteiger partial charge in [-0.3, -0.25) is 0 Å². The first-order valence-electron chi connectivity index (χ1n) is 7.45. The number of amides is 2. The van der Waals surface area contributed by atoms with Crippen LogP contribution in [0.2, 0.25) is 0 Å². The zero-order chi connectivity index (χ0) is 14.6. The predicted molar refractivity (Wildman–Crippen MR) is 81.0 cm³/mol. The average molecular weight is 276 g/mol. The van der Waals surface area contributed by atoms with Gasteiger partial charge < -0.3 is 15.7 Å². The smallest absolute Gasteiger partial charge is 0.319 e. The molecular formula is C16H24N2O2. The molecule has 3 N–H and O–H groups in total. The van der Waals surface area contributed by atoms with Crippen molar-refractivity contribution < 1.29 is 9.90 Å². The van der Waals surface area contributed by atoms with Crippen LogP contribution in [0.25, 0.3) is 0 Å². The van der Waals surface area contributed by atoms with E-state index < -0.39 is 5.60 Å². The maximum Gasteiger partial charge on any atom is 0.319 e. The van der Waals surface area contributed by atoms with Crippen LogP contribution >= 0.6 is 0 Å². The maximum atomic E-state index is 11.8. The van der Waals surface area contributed by atoms with Crippen molar-refractivity contribution in [1.29, 1.82) is 0 Å². The summed E-state index contributed by atoms with van der Waals surface area (Å²) < 4.78 is 0. The predicted octanol–water partition coefficient (Wildman–Crippen LogP) is 2.85. The molecule has 1 aliphatic carbocycles. The summed E-state index contributed by atoms with van der Waals surface area (Å²) in [4.78, 5) is 11.8. The van der Waals surface area contributed by atoms with Crippen LogP contribution in [0, 0.1) is 0 Å². The van der Waals surface area contributed by atoms with Gasteiger partial charge >= 0.3 is 6.03 Å². The fourth-order valence-electron chi connectivity index (χ4n) is 2.56. The standard InChI is InChI=1S/C16H24N2O2/c1-3-12-6-7-14(10-13(12)4-2)18-15(19)17-11-16(20)8-5-9-16/h6-7,10,20H,3-5,8-9,11H2,1-2H3,(H2,17,18,19). The van der Waals surface area contributed by atoms with Gasteiger partial charge in [-0.15, -0.1) is 0 Å². The molecule has 2 amide bonds. The molecule has 0 heterocycles. The third-order valence-electron chi connectivity index (χ3n) is 4.09. The summed E-state index contributed by atoms with van der Waals surface area (Å²) in [6, 6.07) is 5.76.